The molecule has 0 saturated carbocycles. The fourth-order valence-corrected chi connectivity index (χ4v) is 4.92. The van der Waals surface area contributed by atoms with Crippen LogP contribution in [-0.2, 0) is 20.7 Å². The maximum absolute atomic E-state index is 13.4. The molecular weight excluding hydrogens is 526 g/mol. The van der Waals surface area contributed by atoms with Crippen LogP contribution in [0.25, 0.3) is 22.6 Å². The number of carbonyl (C=O) groups is 3. The smallest absolute Gasteiger partial charge is 0.339 e. The number of nitrogens with one attached hydrogen (secondary N) is 1. The van der Waals surface area contributed by atoms with Gasteiger partial charge in [-0.05, 0) is 60.7 Å². The van der Waals surface area contributed by atoms with Crippen molar-refractivity contribution in [1.29, 1.82) is 0 Å². The van der Waals surface area contributed by atoms with E-state index in [0.717, 1.165) is 28.8 Å². The predicted molar refractivity (Wildman–Crippen MR) is 157 cm³/mol. The summed E-state index contributed by atoms with van der Waals surface area (Å²) in [7, 11) is 1.48. The summed E-state index contributed by atoms with van der Waals surface area (Å²) in [6.45, 7) is 1.33. The monoisotopic (exact) mass is 553 g/mol. The number of carbonyl (C=O) groups excluding carboxylic acids is 3. The zero-order chi connectivity index (χ0) is 28.2. The summed E-state index contributed by atoms with van der Waals surface area (Å²) >= 11 is 6.09. The van der Waals surface area contributed by atoms with Gasteiger partial charge in [0.05, 0.1) is 34.0 Å². The van der Waals surface area contributed by atoms with Crippen LogP contribution >= 0.6 is 11.6 Å². The first-order chi connectivity index (χ1) is 19.3. The molecule has 0 spiro atoms. The van der Waals surface area contributed by atoms with Gasteiger partial charge >= 0.3 is 5.97 Å². The van der Waals surface area contributed by atoms with E-state index < -0.39 is 24.4 Å². The number of rotatable bonds is 7. The topological polar surface area (TPSA) is 88.6 Å². The van der Waals surface area contributed by atoms with Crippen molar-refractivity contribution in [1.82, 2.24) is 9.88 Å². The number of esters is 1. The fraction of sp³-hybridized carbons (Fsp3) is 0.188. The average molecular weight is 554 g/mol. The Morgan fingerprint density at radius 1 is 1.00 bits per heavy atom. The zero-order valence-electron chi connectivity index (χ0n) is 22.2. The minimum atomic E-state index is -0.589. The Bertz CT molecular complexity index is 1650. The Balaban J connectivity index is 1.32. The van der Waals surface area contributed by atoms with Gasteiger partial charge in [-0.3, -0.25) is 9.59 Å². The Kier molecular flexibility index (Phi) is 7.94. The third kappa shape index (κ3) is 5.90. The molecule has 0 saturated heterocycles. The highest BCUT2D eigenvalue weighted by Gasteiger charge is 2.28. The fourth-order valence-electron chi connectivity index (χ4n) is 4.74. The lowest BCUT2D eigenvalue weighted by Gasteiger charge is -2.18. The molecule has 1 N–H and O–H groups in total. The number of hydrogen-bond acceptors (Lipinski definition) is 5. The van der Waals surface area contributed by atoms with Gasteiger partial charge in [0, 0.05) is 12.4 Å². The van der Waals surface area contributed by atoms with E-state index in [1.54, 1.807) is 24.3 Å². The van der Waals surface area contributed by atoms with Crippen LogP contribution in [0, 0.1) is 6.92 Å². The van der Waals surface area contributed by atoms with Crippen molar-refractivity contribution in [3.8, 4) is 0 Å². The first-order valence-electron chi connectivity index (χ1n) is 12.9. The van der Waals surface area contributed by atoms with Gasteiger partial charge in [0.25, 0.3) is 5.91 Å². The summed E-state index contributed by atoms with van der Waals surface area (Å²) in [5.74, 6) is -1.51. The maximum Gasteiger partial charge on any atom is 0.339 e. The number of fused-ring (bicyclic) bond motifs is 2. The van der Waals surface area contributed by atoms with E-state index in [4.69, 9.17) is 21.3 Å². The lowest BCUT2D eigenvalue weighted by atomic mass is 10.0. The van der Waals surface area contributed by atoms with Crippen molar-refractivity contribution in [2.45, 2.75) is 19.8 Å². The maximum atomic E-state index is 13.4. The summed E-state index contributed by atoms with van der Waals surface area (Å²) in [5.41, 5.74) is 6.48. The molecule has 0 aliphatic heterocycles. The van der Waals surface area contributed by atoms with Crippen LogP contribution in [0.5, 0.6) is 0 Å². The summed E-state index contributed by atoms with van der Waals surface area (Å²) in [6, 6.07) is 22.5. The normalized spacial score (nSPS) is 13.2. The van der Waals surface area contributed by atoms with Crippen LogP contribution in [0.15, 0.2) is 72.8 Å². The van der Waals surface area contributed by atoms with Crippen molar-refractivity contribution >= 4 is 57.6 Å². The van der Waals surface area contributed by atoms with Crippen molar-refractivity contribution in [2.24, 2.45) is 0 Å². The predicted octanol–water partition coefficient (Wildman–Crippen LogP) is 5.94. The molecule has 7 nitrogen and oxygen atoms in total. The lowest BCUT2D eigenvalue weighted by molar-refractivity contribution is -0.136. The van der Waals surface area contributed by atoms with E-state index in [1.807, 2.05) is 31.2 Å². The van der Waals surface area contributed by atoms with Gasteiger partial charge in [-0.2, -0.15) is 0 Å². The van der Waals surface area contributed by atoms with Crippen molar-refractivity contribution in [2.75, 3.05) is 25.5 Å². The molecule has 0 radical (unpaired) electrons. The number of amides is 2. The third-order valence-corrected chi connectivity index (χ3v) is 7.17. The Morgan fingerprint density at radius 3 is 2.50 bits per heavy atom. The molecular formula is C32H28ClN3O4. The molecule has 3 aromatic carbocycles. The number of nitrogens with zero attached hydrogens (tertiary/aromatic N) is 2. The van der Waals surface area contributed by atoms with Gasteiger partial charge in [0.1, 0.15) is 0 Å². The van der Waals surface area contributed by atoms with E-state index in [2.05, 4.69) is 35.7 Å². The highest BCUT2D eigenvalue weighted by Crippen LogP contribution is 2.37. The number of likely N-dealkylation sites (N-methyl/N-ethyl adjacent to an activating group) is 1. The second-order valence-electron chi connectivity index (χ2n) is 9.77. The molecule has 1 heterocycles. The van der Waals surface area contributed by atoms with E-state index in [-0.39, 0.29) is 6.54 Å². The minimum Gasteiger partial charge on any atom is -0.452 e. The van der Waals surface area contributed by atoms with Gasteiger partial charge in [-0.1, -0.05) is 71.8 Å². The number of anilines is 1. The lowest BCUT2D eigenvalue weighted by Crippen LogP contribution is -2.37. The molecule has 5 rings (SSSR count). The van der Waals surface area contributed by atoms with Crippen LogP contribution in [0.3, 0.4) is 0 Å². The average Bonchev–Trinajstić information content (AvgIpc) is 3.34. The second kappa shape index (κ2) is 11.7. The standard InChI is InChI=1S/C32H28ClN3O4/c1-20-11-13-21(14-12-20)17-22-15-16-24-30(23-7-3-5-9-26(23)35-31(22)24)32(39)40-19-29(38)36(2)18-28(37)34-27-10-6-4-8-25(27)33/h3-14,17H,15-16,18-19H2,1-2H3,(H,34,37)/b22-17-. The van der Waals surface area contributed by atoms with Gasteiger partial charge in [-0.25, -0.2) is 9.78 Å². The van der Waals surface area contributed by atoms with Gasteiger partial charge in [0.2, 0.25) is 5.91 Å². The Hall–Kier alpha value is -4.49. The number of benzene rings is 3. The molecule has 1 aromatic heterocycles. The third-order valence-electron chi connectivity index (χ3n) is 6.85. The van der Waals surface area contributed by atoms with Crippen molar-refractivity contribution < 1.29 is 19.1 Å². The number of ether oxygens (including phenoxy) is 1. The number of pyridine rings is 1. The number of aryl methyl sites for hydroxylation is 1. The molecule has 0 bridgehead atoms. The summed E-state index contributed by atoms with van der Waals surface area (Å²) in [5, 5.41) is 3.75. The first-order valence-corrected chi connectivity index (χ1v) is 13.3. The molecule has 202 valence electrons. The molecule has 2 amide bonds. The number of allylic oxidation sites excluding steroid dienone is 1. The van der Waals surface area contributed by atoms with Gasteiger partial charge in [0.15, 0.2) is 6.61 Å². The highest BCUT2D eigenvalue weighted by atomic mass is 35.5. The van der Waals surface area contributed by atoms with Crippen LogP contribution in [0.1, 0.15) is 39.2 Å². The summed E-state index contributed by atoms with van der Waals surface area (Å²) in [4.78, 5) is 44.6. The van der Waals surface area contributed by atoms with Crippen molar-refractivity contribution in [3.05, 3.63) is 106 Å². The molecule has 8 heteroatoms. The van der Waals surface area contributed by atoms with Crippen LogP contribution in [0.2, 0.25) is 5.02 Å². The SMILES string of the molecule is Cc1ccc(/C=C2/CCc3c2nc2ccccc2c3C(=O)OCC(=O)N(C)CC(=O)Nc2ccccc2Cl)cc1. The minimum absolute atomic E-state index is 0.220. The van der Waals surface area contributed by atoms with Crippen LogP contribution in [-0.4, -0.2) is 47.9 Å². The molecule has 0 unspecified atom stereocenters. The first kappa shape index (κ1) is 27.1. The Morgan fingerprint density at radius 2 is 1.73 bits per heavy atom. The molecule has 0 fully saturated rings. The van der Waals surface area contributed by atoms with E-state index in [9.17, 15) is 14.4 Å². The number of hydrogen-bond donors (Lipinski definition) is 1. The summed E-state index contributed by atoms with van der Waals surface area (Å²) < 4.78 is 5.50. The second-order valence-corrected chi connectivity index (χ2v) is 10.2. The molecule has 0 atom stereocenters. The van der Waals surface area contributed by atoms with Gasteiger partial charge < -0.3 is 15.0 Å². The number of para-hydroxylation sites is 2. The Labute approximate surface area is 237 Å². The largest absolute Gasteiger partial charge is 0.452 e. The molecule has 4 aromatic rings. The van der Waals surface area contributed by atoms with E-state index in [1.165, 1.54) is 17.5 Å². The molecule has 40 heavy (non-hydrogen) atoms. The molecule has 1 aliphatic rings. The number of halogens is 1. The van der Waals surface area contributed by atoms with Crippen LogP contribution < -0.4 is 5.32 Å². The number of aromatic nitrogens is 1. The van der Waals surface area contributed by atoms with Crippen molar-refractivity contribution in [3.63, 3.8) is 0 Å². The highest BCUT2D eigenvalue weighted by molar-refractivity contribution is 6.33. The van der Waals surface area contributed by atoms with Gasteiger partial charge in [-0.15, -0.1) is 0 Å². The zero-order valence-corrected chi connectivity index (χ0v) is 23.0. The van der Waals surface area contributed by atoms with E-state index >= 15 is 0 Å². The van der Waals surface area contributed by atoms with E-state index in [0.29, 0.717) is 33.6 Å². The summed E-state index contributed by atoms with van der Waals surface area (Å²) in [6.07, 6.45) is 3.49. The quantitative estimate of drug-likeness (QED) is 0.286. The molecule has 1 aliphatic carbocycles. The van der Waals surface area contributed by atoms with Crippen LogP contribution in [0.4, 0.5) is 5.69 Å².